The van der Waals surface area contributed by atoms with Crippen molar-refractivity contribution in [1.29, 1.82) is 0 Å². The molecule has 0 spiro atoms. The molecule has 1 heterocycles. The predicted molar refractivity (Wildman–Crippen MR) is 88.7 cm³/mol. The highest BCUT2D eigenvalue weighted by Gasteiger charge is 2.13. The normalized spacial score (nSPS) is 12.0. The van der Waals surface area contributed by atoms with Crippen LogP contribution in [0.3, 0.4) is 0 Å². The Kier molecular flexibility index (Phi) is 7.12. The number of nitrogens with two attached hydrogens (primary N) is 1. The van der Waals surface area contributed by atoms with Crippen molar-refractivity contribution in [2.45, 2.75) is 66.1 Å². The monoisotopic (exact) mass is 293 g/mol. The molecule has 120 valence electrons. The van der Waals surface area contributed by atoms with E-state index in [1.807, 2.05) is 6.07 Å². The van der Waals surface area contributed by atoms with Crippen molar-refractivity contribution in [2.75, 3.05) is 13.2 Å². The molecule has 0 saturated carbocycles. The van der Waals surface area contributed by atoms with E-state index >= 15 is 0 Å². The van der Waals surface area contributed by atoms with Gasteiger partial charge >= 0.3 is 0 Å². The van der Waals surface area contributed by atoms with Gasteiger partial charge in [0.25, 0.3) is 0 Å². The van der Waals surface area contributed by atoms with Crippen LogP contribution in [0.25, 0.3) is 0 Å². The van der Waals surface area contributed by atoms with E-state index in [2.05, 4.69) is 57.5 Å². The van der Waals surface area contributed by atoms with E-state index in [1.165, 1.54) is 0 Å². The third kappa shape index (κ3) is 5.64. The van der Waals surface area contributed by atoms with Crippen molar-refractivity contribution in [3.8, 4) is 5.88 Å². The minimum absolute atomic E-state index is 0.377. The summed E-state index contributed by atoms with van der Waals surface area (Å²) in [5, 5.41) is 0. The van der Waals surface area contributed by atoms with Gasteiger partial charge in [-0.1, -0.05) is 13.8 Å². The van der Waals surface area contributed by atoms with Crippen molar-refractivity contribution in [3.63, 3.8) is 0 Å². The molecule has 4 heteroatoms. The molecule has 0 aliphatic carbocycles. The molecule has 0 bridgehead atoms. The van der Waals surface area contributed by atoms with Gasteiger partial charge in [0, 0.05) is 36.9 Å². The molecule has 0 saturated heterocycles. The topological polar surface area (TPSA) is 51.4 Å². The lowest BCUT2D eigenvalue weighted by Gasteiger charge is -2.30. The van der Waals surface area contributed by atoms with Crippen LogP contribution < -0.4 is 10.5 Å². The highest BCUT2D eigenvalue weighted by Crippen LogP contribution is 2.19. The summed E-state index contributed by atoms with van der Waals surface area (Å²) in [4.78, 5) is 6.98. The second-order valence-corrected chi connectivity index (χ2v) is 6.37. The molecule has 1 rings (SSSR count). The molecule has 0 radical (unpaired) electrons. The van der Waals surface area contributed by atoms with E-state index in [0.717, 1.165) is 17.8 Å². The van der Waals surface area contributed by atoms with Crippen molar-refractivity contribution in [2.24, 2.45) is 5.73 Å². The average molecular weight is 293 g/mol. The van der Waals surface area contributed by atoms with Crippen LogP contribution in [0.5, 0.6) is 5.88 Å². The molecule has 0 aliphatic rings. The van der Waals surface area contributed by atoms with Gasteiger partial charge < -0.3 is 10.5 Å². The van der Waals surface area contributed by atoms with Gasteiger partial charge in [-0.2, -0.15) is 0 Å². The minimum atomic E-state index is 0.377. The average Bonchev–Trinajstić information content (AvgIpc) is 2.42. The zero-order chi connectivity index (χ0) is 16.0. The van der Waals surface area contributed by atoms with Crippen LogP contribution in [0.15, 0.2) is 12.1 Å². The lowest BCUT2D eigenvalue weighted by Crippen LogP contribution is -2.39. The third-order valence-electron chi connectivity index (χ3n) is 3.63. The lowest BCUT2D eigenvalue weighted by molar-refractivity contribution is 0.140. The molecule has 0 aromatic carbocycles. The van der Waals surface area contributed by atoms with Crippen LogP contribution in [0.1, 0.15) is 58.7 Å². The number of hydrogen-bond donors (Lipinski definition) is 1. The lowest BCUT2D eigenvalue weighted by atomic mass is 10.1. The van der Waals surface area contributed by atoms with Crippen LogP contribution in [0.4, 0.5) is 0 Å². The minimum Gasteiger partial charge on any atom is -0.476 e. The van der Waals surface area contributed by atoms with E-state index in [-0.39, 0.29) is 0 Å². The molecule has 0 amide bonds. The summed E-state index contributed by atoms with van der Waals surface area (Å²) < 4.78 is 5.86. The number of hydrogen-bond acceptors (Lipinski definition) is 4. The highest BCUT2D eigenvalue weighted by atomic mass is 16.5. The SMILES string of the molecule is CC(C)c1cc(CN)cc(OCCN(C(C)C)C(C)C)n1. The molecule has 4 nitrogen and oxygen atoms in total. The molecular formula is C17H31N3O. The smallest absolute Gasteiger partial charge is 0.213 e. The van der Waals surface area contributed by atoms with Crippen molar-refractivity contribution in [3.05, 3.63) is 23.4 Å². The van der Waals surface area contributed by atoms with Gasteiger partial charge in [-0.25, -0.2) is 4.98 Å². The predicted octanol–water partition coefficient (Wildman–Crippen LogP) is 3.16. The van der Waals surface area contributed by atoms with Crippen LogP contribution in [0.2, 0.25) is 0 Å². The number of aromatic nitrogens is 1. The quantitative estimate of drug-likeness (QED) is 0.800. The van der Waals surface area contributed by atoms with Gasteiger partial charge in [-0.3, -0.25) is 4.90 Å². The van der Waals surface area contributed by atoms with E-state index in [4.69, 9.17) is 10.5 Å². The Morgan fingerprint density at radius 2 is 1.71 bits per heavy atom. The summed E-state index contributed by atoms with van der Waals surface area (Å²) in [6.45, 7) is 15.2. The van der Waals surface area contributed by atoms with Gasteiger partial charge in [-0.05, 0) is 45.2 Å². The summed E-state index contributed by atoms with van der Waals surface area (Å²) in [6.07, 6.45) is 0. The molecule has 0 unspecified atom stereocenters. The molecule has 1 aromatic rings. The van der Waals surface area contributed by atoms with Crippen molar-refractivity contribution < 1.29 is 4.74 Å². The standard InChI is InChI=1S/C17H31N3O/c1-12(2)16-9-15(11-18)10-17(19-16)21-8-7-20(13(3)4)14(5)6/h9-10,12-14H,7-8,11,18H2,1-6H3. The zero-order valence-electron chi connectivity index (χ0n) is 14.4. The molecule has 2 N–H and O–H groups in total. The van der Waals surface area contributed by atoms with E-state index in [1.54, 1.807) is 0 Å². The zero-order valence-corrected chi connectivity index (χ0v) is 14.4. The fourth-order valence-electron chi connectivity index (χ4n) is 2.44. The molecule has 0 atom stereocenters. The van der Waals surface area contributed by atoms with Crippen LogP contribution in [-0.4, -0.2) is 35.1 Å². The maximum Gasteiger partial charge on any atom is 0.213 e. The Balaban J connectivity index is 2.68. The van der Waals surface area contributed by atoms with Crippen molar-refractivity contribution >= 4 is 0 Å². The maximum atomic E-state index is 5.86. The molecular weight excluding hydrogens is 262 g/mol. The van der Waals surface area contributed by atoms with E-state index in [9.17, 15) is 0 Å². The Labute approximate surface area is 129 Å². The van der Waals surface area contributed by atoms with Gasteiger partial charge in [0.15, 0.2) is 0 Å². The molecule has 0 aliphatic heterocycles. The highest BCUT2D eigenvalue weighted by molar-refractivity contribution is 5.26. The Morgan fingerprint density at radius 1 is 1.10 bits per heavy atom. The fraction of sp³-hybridized carbons (Fsp3) is 0.706. The maximum absolute atomic E-state index is 5.86. The summed E-state index contributed by atoms with van der Waals surface area (Å²) in [7, 11) is 0. The van der Waals surface area contributed by atoms with Gasteiger partial charge in [0.1, 0.15) is 6.61 Å². The molecule has 21 heavy (non-hydrogen) atoms. The van der Waals surface area contributed by atoms with Crippen LogP contribution in [0, 0.1) is 0 Å². The van der Waals surface area contributed by atoms with Crippen LogP contribution in [-0.2, 0) is 6.54 Å². The van der Waals surface area contributed by atoms with E-state index < -0.39 is 0 Å². The summed E-state index contributed by atoms with van der Waals surface area (Å²) in [5.74, 6) is 1.07. The number of pyridine rings is 1. The first kappa shape index (κ1) is 17.9. The largest absolute Gasteiger partial charge is 0.476 e. The number of nitrogens with zero attached hydrogens (tertiary/aromatic N) is 2. The summed E-state index contributed by atoms with van der Waals surface area (Å²) in [6, 6.07) is 5.04. The third-order valence-corrected chi connectivity index (χ3v) is 3.63. The molecule has 0 fully saturated rings. The summed E-state index contributed by atoms with van der Waals surface area (Å²) in [5.41, 5.74) is 7.87. The Bertz CT molecular complexity index is 422. The van der Waals surface area contributed by atoms with Gasteiger partial charge in [0.2, 0.25) is 5.88 Å². The fourth-order valence-corrected chi connectivity index (χ4v) is 2.44. The first-order valence-electron chi connectivity index (χ1n) is 7.94. The first-order valence-corrected chi connectivity index (χ1v) is 7.94. The number of rotatable bonds is 8. The van der Waals surface area contributed by atoms with Gasteiger partial charge in [0.05, 0.1) is 0 Å². The first-order chi connectivity index (χ1) is 9.85. The van der Waals surface area contributed by atoms with Crippen LogP contribution >= 0.6 is 0 Å². The van der Waals surface area contributed by atoms with Crippen molar-refractivity contribution in [1.82, 2.24) is 9.88 Å². The molecule has 1 aromatic heterocycles. The van der Waals surface area contributed by atoms with Gasteiger partial charge in [-0.15, -0.1) is 0 Å². The number of ether oxygens (including phenoxy) is 1. The summed E-state index contributed by atoms with van der Waals surface area (Å²) >= 11 is 0. The second kappa shape index (κ2) is 8.35. The Hall–Kier alpha value is -1.13. The Morgan fingerprint density at radius 3 is 2.19 bits per heavy atom. The second-order valence-electron chi connectivity index (χ2n) is 6.37. The van der Waals surface area contributed by atoms with E-state index in [0.29, 0.717) is 37.0 Å².